The Hall–Kier alpha value is -2.18. The van der Waals surface area contributed by atoms with E-state index in [0.717, 1.165) is 11.4 Å². The Bertz CT molecular complexity index is 840. The van der Waals surface area contributed by atoms with Crippen LogP contribution in [0.4, 0.5) is 0 Å². The second-order valence-corrected chi connectivity index (χ2v) is 6.60. The van der Waals surface area contributed by atoms with Crippen LogP contribution in [0, 0.1) is 6.92 Å². The number of hydrogen-bond acceptors (Lipinski definition) is 5. The molecular weight excluding hydrogens is 328 g/mol. The van der Waals surface area contributed by atoms with Crippen LogP contribution in [0.15, 0.2) is 34.9 Å². The molecule has 7 heteroatoms. The summed E-state index contributed by atoms with van der Waals surface area (Å²) in [5.74, 6) is 0.932. The maximum atomic E-state index is 6.53. The van der Waals surface area contributed by atoms with E-state index in [2.05, 4.69) is 15.2 Å². The minimum atomic E-state index is -0.355. The van der Waals surface area contributed by atoms with Crippen LogP contribution in [0.5, 0.6) is 0 Å². The summed E-state index contributed by atoms with van der Waals surface area (Å²) in [5, 5.41) is 9.03. The first kappa shape index (κ1) is 16.7. The Kier molecular flexibility index (Phi) is 4.43. The Balaban J connectivity index is 2.03. The average molecular weight is 347 g/mol. The quantitative estimate of drug-likeness (QED) is 0.702. The van der Waals surface area contributed by atoms with Crippen molar-refractivity contribution in [3.63, 3.8) is 0 Å². The molecule has 3 rings (SSSR count). The van der Waals surface area contributed by atoms with Crippen molar-refractivity contribution in [3.05, 3.63) is 47.0 Å². The van der Waals surface area contributed by atoms with Gasteiger partial charge in [0.2, 0.25) is 0 Å². The molecule has 3 aromatic rings. The molecule has 0 saturated carbocycles. The van der Waals surface area contributed by atoms with Gasteiger partial charge in [-0.15, -0.1) is 0 Å². The van der Waals surface area contributed by atoms with Crippen LogP contribution in [0.3, 0.4) is 0 Å². The van der Waals surface area contributed by atoms with Gasteiger partial charge in [-0.3, -0.25) is 0 Å². The number of aromatic nitrogens is 4. The highest BCUT2D eigenvalue weighted by molar-refractivity contribution is 6.32. The normalized spacial score (nSPS) is 11.9. The van der Waals surface area contributed by atoms with Crippen molar-refractivity contribution >= 4 is 11.6 Å². The predicted octanol–water partition coefficient (Wildman–Crippen LogP) is 3.81. The lowest BCUT2D eigenvalue weighted by Crippen LogP contribution is -2.25. The lowest BCUT2D eigenvalue weighted by atomic mass is 9.94. The monoisotopic (exact) mass is 346 g/mol. The van der Waals surface area contributed by atoms with Gasteiger partial charge in [-0.1, -0.05) is 48.8 Å². The third-order valence-corrected chi connectivity index (χ3v) is 4.10. The highest BCUT2D eigenvalue weighted by atomic mass is 35.5. The Labute approximate surface area is 145 Å². The molecule has 0 atom stereocenters. The number of aryl methyl sites for hydroxylation is 1. The third-order valence-electron chi connectivity index (χ3n) is 3.76. The zero-order chi connectivity index (χ0) is 17.3. The molecule has 0 unspecified atom stereocenters. The molecule has 0 N–H and O–H groups in total. The summed E-state index contributed by atoms with van der Waals surface area (Å²) in [5.41, 5.74) is 1.89. The third kappa shape index (κ3) is 2.95. The number of methoxy groups -OCH3 is 1. The molecule has 0 aliphatic carbocycles. The van der Waals surface area contributed by atoms with Crippen LogP contribution in [0.2, 0.25) is 5.15 Å². The fraction of sp³-hybridized carbons (Fsp3) is 0.353. The summed E-state index contributed by atoms with van der Waals surface area (Å²) in [4.78, 5) is 4.50. The highest BCUT2D eigenvalue weighted by Crippen LogP contribution is 2.33. The zero-order valence-corrected chi connectivity index (χ0v) is 14.8. The van der Waals surface area contributed by atoms with Gasteiger partial charge in [0.15, 0.2) is 5.82 Å². The molecule has 0 amide bonds. The predicted molar refractivity (Wildman–Crippen MR) is 91.5 cm³/mol. The van der Waals surface area contributed by atoms with Gasteiger partial charge < -0.3 is 9.26 Å². The number of nitrogens with zero attached hydrogens (tertiary/aromatic N) is 4. The lowest BCUT2D eigenvalue weighted by Gasteiger charge is -2.18. The van der Waals surface area contributed by atoms with Gasteiger partial charge in [0.05, 0.1) is 23.4 Å². The number of hydrogen-bond donors (Lipinski definition) is 0. The fourth-order valence-corrected chi connectivity index (χ4v) is 2.86. The second kappa shape index (κ2) is 6.37. The van der Waals surface area contributed by atoms with Crippen molar-refractivity contribution in [1.29, 1.82) is 0 Å². The van der Waals surface area contributed by atoms with Gasteiger partial charge in [-0.05, 0) is 19.1 Å². The Morgan fingerprint density at radius 1 is 1.25 bits per heavy atom. The summed E-state index contributed by atoms with van der Waals surface area (Å²) in [6, 6.07) is 9.67. The van der Waals surface area contributed by atoms with E-state index in [1.54, 1.807) is 11.8 Å². The molecule has 0 radical (unpaired) electrons. The summed E-state index contributed by atoms with van der Waals surface area (Å²) in [6.07, 6.45) is 0. The molecule has 0 fully saturated rings. The Morgan fingerprint density at radius 2 is 1.96 bits per heavy atom. The molecule has 126 valence electrons. The summed E-state index contributed by atoms with van der Waals surface area (Å²) < 4.78 is 12.3. The van der Waals surface area contributed by atoms with Crippen LogP contribution < -0.4 is 0 Å². The van der Waals surface area contributed by atoms with Crippen LogP contribution in [-0.4, -0.2) is 33.6 Å². The number of halogens is 1. The van der Waals surface area contributed by atoms with Crippen molar-refractivity contribution in [3.8, 4) is 17.1 Å². The molecule has 0 saturated heterocycles. The zero-order valence-electron chi connectivity index (χ0n) is 14.1. The minimum Gasteiger partial charge on any atom is -0.384 e. The van der Waals surface area contributed by atoms with Crippen molar-refractivity contribution in [2.45, 2.75) is 26.2 Å². The SMILES string of the molecule is COCC(C)(C)c1noc(-c2c(C)nn(-c3ccccc3)c2Cl)n1. The van der Waals surface area contributed by atoms with Crippen molar-refractivity contribution in [2.24, 2.45) is 0 Å². The van der Waals surface area contributed by atoms with Crippen molar-refractivity contribution in [1.82, 2.24) is 19.9 Å². The lowest BCUT2D eigenvalue weighted by molar-refractivity contribution is 0.141. The van der Waals surface area contributed by atoms with Crippen LogP contribution in [0.1, 0.15) is 25.4 Å². The van der Waals surface area contributed by atoms with Gasteiger partial charge in [-0.2, -0.15) is 10.1 Å². The number of para-hydroxylation sites is 1. The molecule has 1 aromatic carbocycles. The smallest absolute Gasteiger partial charge is 0.262 e. The molecular formula is C17H19ClN4O2. The first-order chi connectivity index (χ1) is 11.4. The average Bonchev–Trinajstić information content (AvgIpc) is 3.13. The Morgan fingerprint density at radius 3 is 2.62 bits per heavy atom. The van der Waals surface area contributed by atoms with Gasteiger partial charge in [0.1, 0.15) is 10.7 Å². The van der Waals surface area contributed by atoms with E-state index < -0.39 is 0 Å². The number of rotatable bonds is 5. The van der Waals surface area contributed by atoms with E-state index in [0.29, 0.717) is 29.0 Å². The van der Waals surface area contributed by atoms with E-state index in [1.807, 2.05) is 51.1 Å². The summed E-state index contributed by atoms with van der Waals surface area (Å²) in [7, 11) is 1.65. The van der Waals surface area contributed by atoms with Crippen LogP contribution >= 0.6 is 11.6 Å². The highest BCUT2D eigenvalue weighted by Gasteiger charge is 2.29. The summed E-state index contributed by atoms with van der Waals surface area (Å²) in [6.45, 7) is 6.34. The molecule has 0 spiro atoms. The van der Waals surface area contributed by atoms with Crippen LogP contribution in [0.25, 0.3) is 17.1 Å². The van der Waals surface area contributed by atoms with E-state index in [1.165, 1.54) is 0 Å². The van der Waals surface area contributed by atoms with E-state index in [-0.39, 0.29) is 5.41 Å². The molecule has 0 aliphatic heterocycles. The van der Waals surface area contributed by atoms with E-state index in [4.69, 9.17) is 20.9 Å². The maximum absolute atomic E-state index is 6.53. The number of benzene rings is 1. The van der Waals surface area contributed by atoms with Crippen molar-refractivity contribution < 1.29 is 9.26 Å². The maximum Gasteiger partial charge on any atom is 0.262 e. The molecule has 24 heavy (non-hydrogen) atoms. The van der Waals surface area contributed by atoms with E-state index in [9.17, 15) is 0 Å². The van der Waals surface area contributed by atoms with Crippen LogP contribution in [-0.2, 0) is 10.2 Å². The molecule has 2 aromatic heterocycles. The molecule has 2 heterocycles. The topological polar surface area (TPSA) is 66.0 Å². The van der Waals surface area contributed by atoms with Gasteiger partial charge in [-0.25, -0.2) is 4.68 Å². The standard InChI is InChI=1S/C17H19ClN4O2/c1-11-13(14(18)22(20-11)12-8-6-5-7-9-12)15-19-16(21-24-15)17(2,3)10-23-4/h5-9H,10H2,1-4H3. The van der Waals surface area contributed by atoms with Gasteiger partial charge in [0, 0.05) is 7.11 Å². The first-order valence-electron chi connectivity index (χ1n) is 7.58. The second-order valence-electron chi connectivity index (χ2n) is 6.24. The fourth-order valence-electron chi connectivity index (χ4n) is 2.51. The largest absolute Gasteiger partial charge is 0.384 e. The molecule has 6 nitrogen and oxygen atoms in total. The minimum absolute atomic E-state index is 0.355. The molecule has 0 bridgehead atoms. The van der Waals surface area contributed by atoms with E-state index >= 15 is 0 Å². The summed E-state index contributed by atoms with van der Waals surface area (Å²) >= 11 is 6.53. The first-order valence-corrected chi connectivity index (χ1v) is 7.96. The van der Waals surface area contributed by atoms with Crippen molar-refractivity contribution in [2.75, 3.05) is 13.7 Å². The van der Waals surface area contributed by atoms with Gasteiger partial charge >= 0.3 is 0 Å². The number of ether oxygens (including phenoxy) is 1. The molecule has 0 aliphatic rings. The van der Waals surface area contributed by atoms with Gasteiger partial charge in [0.25, 0.3) is 5.89 Å².